The smallest absolute Gasteiger partial charge is 0.333 e. The Morgan fingerprint density at radius 3 is 1.50 bits per heavy atom. The van der Waals surface area contributed by atoms with E-state index in [1.807, 2.05) is 0 Å². The van der Waals surface area contributed by atoms with Gasteiger partial charge in [0.25, 0.3) is 0 Å². The van der Waals surface area contributed by atoms with Gasteiger partial charge in [-0.15, -0.1) is 0 Å². The van der Waals surface area contributed by atoms with Crippen molar-refractivity contribution in [3.8, 4) is 44.5 Å². The van der Waals surface area contributed by atoms with E-state index in [9.17, 15) is 0 Å². The zero-order valence-corrected chi connectivity index (χ0v) is 51.5. The quantitative estimate of drug-likeness (QED) is 0.163. The van der Waals surface area contributed by atoms with Crippen LogP contribution in [0.4, 0.5) is 28.4 Å². The Balaban J connectivity index is 1.17. The van der Waals surface area contributed by atoms with Gasteiger partial charge < -0.3 is 9.71 Å². The van der Waals surface area contributed by atoms with Gasteiger partial charge >= 0.3 is 6.85 Å². The molecule has 9 aromatic carbocycles. The molecule has 0 atom stereocenters. The van der Waals surface area contributed by atoms with Crippen molar-refractivity contribution < 1.29 is 0 Å². The lowest BCUT2D eigenvalue weighted by atomic mass is 9.41. The van der Waals surface area contributed by atoms with Crippen LogP contribution in [0.15, 0.2) is 164 Å². The van der Waals surface area contributed by atoms with Gasteiger partial charge in [0.1, 0.15) is 0 Å². The number of benzene rings is 9. The predicted octanol–water partition coefficient (Wildman–Crippen LogP) is 19.6. The zero-order valence-electron chi connectivity index (χ0n) is 51.5. The molecule has 9 aromatic rings. The largest absolute Gasteiger partial charge is 0.376 e. The van der Waals surface area contributed by atoms with Gasteiger partial charge in [0.15, 0.2) is 0 Å². The van der Waals surface area contributed by atoms with Crippen LogP contribution in [0.3, 0.4) is 0 Å². The van der Waals surface area contributed by atoms with E-state index < -0.39 is 0 Å². The van der Waals surface area contributed by atoms with E-state index in [-0.39, 0.29) is 44.8 Å². The molecule has 3 heteroatoms. The lowest BCUT2D eigenvalue weighted by molar-refractivity contribution is 0.332. The van der Waals surface area contributed by atoms with Crippen molar-refractivity contribution in [3.05, 3.63) is 231 Å². The van der Waals surface area contributed by atoms with Crippen LogP contribution in [0.1, 0.15) is 183 Å². The molecule has 0 radical (unpaired) electrons. The maximum Gasteiger partial charge on any atom is 0.333 e. The standard InChI is InChI=1S/C79H79BN2/c1-46-40-58-59(75(7,8)39-38-74(58,5)6)44-65(46)81-66-45-61-60(76(9,10)56-32-24-25-33-57(56)77(61,11)12)43-62(66)80-72-67(81)42-53-50-29-21-23-31-55(50)79(15,16)71(53)69(72)68-64(37-35-51-49-28-20-22-30-54(49)78(13,14)70(51)68)82(80)63-36-34-48(73(2,3)4)41-52(63)47-26-18-17-19-27-47/h17-37,40-45H,38-39H2,1-16H3. The molecule has 0 unspecified atom stereocenters. The molecule has 0 saturated heterocycles. The monoisotopic (exact) mass is 1070 g/mol. The van der Waals surface area contributed by atoms with E-state index >= 15 is 0 Å². The van der Waals surface area contributed by atoms with Crippen LogP contribution >= 0.6 is 0 Å². The molecule has 0 amide bonds. The number of rotatable bonds is 3. The molecule has 6 aliphatic rings. The van der Waals surface area contributed by atoms with Gasteiger partial charge in [-0.1, -0.05) is 231 Å². The SMILES string of the molecule is Cc1cc2c(cc1N1c3cc4c(cc3B3c5c1cc1c(c5-c5c(ccc6c5C(C)(C)c5ccccc5-6)N3c3ccc(C(C)(C)C)cc3-c3ccccc3)C(C)(C)c3ccccc3-1)C(C)(C)c1ccccc1C4(C)C)C(C)(C)CCC2(C)C. The van der Waals surface area contributed by atoms with Gasteiger partial charge in [-0.2, -0.15) is 0 Å². The molecular weight excluding hydrogens is 988 g/mol. The molecule has 4 aliphatic carbocycles. The number of nitrogens with zero attached hydrogens (tertiary/aromatic N) is 2. The van der Waals surface area contributed by atoms with Crippen molar-refractivity contribution in [3.63, 3.8) is 0 Å². The fraction of sp³-hybridized carbons (Fsp3) is 0.316. The van der Waals surface area contributed by atoms with Crippen molar-refractivity contribution in [1.29, 1.82) is 0 Å². The molecule has 15 rings (SSSR count). The van der Waals surface area contributed by atoms with Gasteiger partial charge in [-0.05, 0) is 183 Å². The Morgan fingerprint density at radius 2 is 0.890 bits per heavy atom. The third kappa shape index (κ3) is 6.66. The summed E-state index contributed by atoms with van der Waals surface area (Å²) in [6.45, 7) is 39.3. The summed E-state index contributed by atoms with van der Waals surface area (Å²) in [6, 6.07) is 65.2. The van der Waals surface area contributed by atoms with Gasteiger partial charge in [-0.3, -0.25) is 0 Å². The van der Waals surface area contributed by atoms with E-state index in [0.29, 0.717) is 0 Å². The first-order valence-electron chi connectivity index (χ1n) is 30.6. The average Bonchev–Trinajstić information content (AvgIpc) is 1.46. The highest BCUT2D eigenvalue weighted by atomic mass is 15.2. The Kier molecular flexibility index (Phi) is 10.3. The number of aryl methyl sites for hydroxylation is 1. The Labute approximate surface area is 489 Å². The van der Waals surface area contributed by atoms with E-state index in [0.717, 1.165) is 6.42 Å². The van der Waals surface area contributed by atoms with E-state index in [4.69, 9.17) is 0 Å². The first-order chi connectivity index (χ1) is 38.8. The summed E-state index contributed by atoms with van der Waals surface area (Å²) in [5.41, 5.74) is 35.6. The third-order valence-electron chi connectivity index (χ3n) is 21.8. The molecule has 0 saturated carbocycles. The van der Waals surface area contributed by atoms with Crippen LogP contribution < -0.4 is 20.6 Å². The van der Waals surface area contributed by atoms with Crippen LogP contribution in [0.5, 0.6) is 0 Å². The first-order valence-corrected chi connectivity index (χ1v) is 30.6. The molecule has 408 valence electrons. The van der Waals surface area contributed by atoms with Crippen LogP contribution in [-0.2, 0) is 37.9 Å². The normalized spacial score (nSPS) is 18.7. The van der Waals surface area contributed by atoms with Gasteiger partial charge in [-0.25, -0.2) is 0 Å². The van der Waals surface area contributed by atoms with Crippen LogP contribution in [0, 0.1) is 6.92 Å². The number of hydrogen-bond acceptors (Lipinski definition) is 2. The summed E-state index contributed by atoms with van der Waals surface area (Å²) in [5, 5.41) is 0. The lowest BCUT2D eigenvalue weighted by Crippen LogP contribution is -2.62. The average molecular weight is 1070 g/mol. The zero-order chi connectivity index (χ0) is 57.3. The van der Waals surface area contributed by atoms with Crippen molar-refractivity contribution in [2.45, 2.75) is 162 Å². The lowest BCUT2D eigenvalue weighted by Gasteiger charge is -2.51. The van der Waals surface area contributed by atoms with Crippen molar-refractivity contribution in [2.24, 2.45) is 0 Å². The predicted molar refractivity (Wildman–Crippen MR) is 350 cm³/mol. The molecule has 2 heterocycles. The molecular formula is C79H79BN2. The molecule has 0 N–H and O–H groups in total. The minimum Gasteiger partial charge on any atom is -0.376 e. The molecule has 0 aromatic heterocycles. The fourth-order valence-electron chi connectivity index (χ4n) is 17.1. The third-order valence-corrected chi connectivity index (χ3v) is 21.8. The molecule has 0 spiro atoms. The fourth-order valence-corrected chi connectivity index (χ4v) is 17.1. The van der Waals surface area contributed by atoms with Crippen LogP contribution in [0.2, 0.25) is 0 Å². The highest BCUT2D eigenvalue weighted by Gasteiger charge is 2.55. The maximum absolute atomic E-state index is 2.86. The molecule has 2 aliphatic heterocycles. The van der Waals surface area contributed by atoms with Gasteiger partial charge in [0.2, 0.25) is 0 Å². The highest BCUT2D eigenvalue weighted by molar-refractivity contribution is 6.94. The maximum atomic E-state index is 2.86. The molecule has 2 nitrogen and oxygen atoms in total. The summed E-state index contributed by atoms with van der Waals surface area (Å²) < 4.78 is 0. The Bertz CT molecular complexity index is 4280. The number of fused-ring (bicyclic) bond motifs is 15. The summed E-state index contributed by atoms with van der Waals surface area (Å²) in [5.74, 6) is 0. The van der Waals surface area contributed by atoms with Crippen LogP contribution in [0.25, 0.3) is 44.5 Å². The minimum atomic E-state index is -0.309. The second-order valence-electron chi connectivity index (χ2n) is 30.0. The van der Waals surface area contributed by atoms with Crippen LogP contribution in [-0.4, -0.2) is 6.85 Å². The molecule has 0 fully saturated rings. The van der Waals surface area contributed by atoms with Crippen molar-refractivity contribution in [2.75, 3.05) is 9.71 Å². The van der Waals surface area contributed by atoms with Gasteiger partial charge in [0, 0.05) is 61.2 Å². The first kappa shape index (κ1) is 51.5. The highest BCUT2D eigenvalue weighted by Crippen LogP contribution is 2.64. The Hall–Kier alpha value is -7.36. The molecule has 82 heavy (non-hydrogen) atoms. The van der Waals surface area contributed by atoms with Gasteiger partial charge in [0.05, 0.1) is 0 Å². The summed E-state index contributed by atoms with van der Waals surface area (Å²) in [7, 11) is 0. The van der Waals surface area contributed by atoms with E-state index in [2.05, 4.69) is 284 Å². The van der Waals surface area contributed by atoms with Crippen molar-refractivity contribution in [1.82, 2.24) is 0 Å². The van der Waals surface area contributed by atoms with E-state index in [1.54, 1.807) is 0 Å². The summed E-state index contributed by atoms with van der Waals surface area (Å²) in [4.78, 5) is 5.67. The second kappa shape index (κ2) is 16.5. The van der Waals surface area contributed by atoms with Crippen molar-refractivity contribution >= 4 is 46.2 Å². The minimum absolute atomic E-state index is 0.00426. The topological polar surface area (TPSA) is 6.48 Å². The second-order valence-corrected chi connectivity index (χ2v) is 30.0. The molecule has 0 bridgehead atoms. The summed E-state index contributed by atoms with van der Waals surface area (Å²) >= 11 is 0. The Morgan fingerprint density at radius 1 is 0.378 bits per heavy atom. The van der Waals surface area contributed by atoms with E-state index in [1.165, 1.54) is 157 Å². The number of anilines is 5. The summed E-state index contributed by atoms with van der Waals surface area (Å²) in [6.07, 6.45) is 2.32. The number of hydrogen-bond donors (Lipinski definition) is 0.